The van der Waals surface area contributed by atoms with Gasteiger partial charge in [0.2, 0.25) is 12.3 Å². The molecule has 21 heavy (non-hydrogen) atoms. The summed E-state index contributed by atoms with van der Waals surface area (Å²) in [5.41, 5.74) is 4.28. The van der Waals surface area contributed by atoms with Crippen molar-refractivity contribution in [1.82, 2.24) is 19.7 Å². The molecular formula is C15H17N5O. The van der Waals surface area contributed by atoms with Crippen molar-refractivity contribution >= 4 is 5.69 Å². The molecule has 0 unspecified atom stereocenters. The lowest BCUT2D eigenvalue weighted by Gasteiger charge is -2.11. The summed E-state index contributed by atoms with van der Waals surface area (Å²) in [6, 6.07) is 6.04. The van der Waals surface area contributed by atoms with Gasteiger partial charge in [0.25, 0.3) is 0 Å². The molecule has 1 aromatic carbocycles. The van der Waals surface area contributed by atoms with E-state index in [9.17, 15) is 0 Å². The van der Waals surface area contributed by atoms with Gasteiger partial charge in [0.1, 0.15) is 0 Å². The Labute approximate surface area is 122 Å². The van der Waals surface area contributed by atoms with Crippen molar-refractivity contribution in [1.29, 1.82) is 0 Å². The molecule has 108 valence electrons. The smallest absolute Gasteiger partial charge is 0.247 e. The zero-order valence-electron chi connectivity index (χ0n) is 12.1. The van der Waals surface area contributed by atoms with Crippen molar-refractivity contribution < 1.29 is 4.42 Å². The lowest BCUT2D eigenvalue weighted by molar-refractivity contribution is 0.568. The summed E-state index contributed by atoms with van der Waals surface area (Å²) < 4.78 is 7.35. The number of hydrogen-bond donors (Lipinski definition) is 1. The largest absolute Gasteiger partial charge is 0.423 e. The highest BCUT2D eigenvalue weighted by Gasteiger charge is 2.07. The van der Waals surface area contributed by atoms with Crippen LogP contribution >= 0.6 is 0 Å². The minimum atomic E-state index is 0.525. The molecule has 0 saturated heterocycles. The van der Waals surface area contributed by atoms with Crippen LogP contribution in [0.25, 0.3) is 11.5 Å². The number of aromatic nitrogens is 4. The Bertz CT molecular complexity index is 718. The van der Waals surface area contributed by atoms with Crippen LogP contribution in [-0.4, -0.2) is 19.7 Å². The molecule has 1 N–H and O–H groups in total. The van der Waals surface area contributed by atoms with Gasteiger partial charge in [0.05, 0.1) is 18.6 Å². The van der Waals surface area contributed by atoms with Gasteiger partial charge in [-0.2, -0.15) is 0 Å². The molecule has 0 spiro atoms. The van der Waals surface area contributed by atoms with E-state index in [1.807, 2.05) is 30.7 Å². The summed E-state index contributed by atoms with van der Waals surface area (Å²) in [7, 11) is 0. The third kappa shape index (κ3) is 2.79. The molecule has 6 heteroatoms. The molecule has 0 radical (unpaired) electrons. The Morgan fingerprint density at radius 1 is 1.33 bits per heavy atom. The van der Waals surface area contributed by atoms with Gasteiger partial charge in [0, 0.05) is 24.0 Å². The van der Waals surface area contributed by atoms with E-state index in [1.165, 1.54) is 12.0 Å². The number of nitrogens with one attached hydrogen (secondary N) is 1. The number of benzene rings is 1. The molecule has 3 aromatic rings. The Balaban J connectivity index is 1.80. The van der Waals surface area contributed by atoms with Crippen molar-refractivity contribution in [3.05, 3.63) is 48.4 Å². The second kappa shape index (κ2) is 5.78. The Morgan fingerprint density at radius 3 is 3.00 bits per heavy atom. The van der Waals surface area contributed by atoms with Gasteiger partial charge in [-0.05, 0) is 31.5 Å². The lowest BCUT2D eigenvalue weighted by Crippen LogP contribution is -2.06. The van der Waals surface area contributed by atoms with Crippen molar-refractivity contribution in [2.75, 3.05) is 5.32 Å². The van der Waals surface area contributed by atoms with E-state index in [4.69, 9.17) is 4.42 Å². The highest BCUT2D eigenvalue weighted by molar-refractivity contribution is 5.64. The minimum absolute atomic E-state index is 0.525. The van der Waals surface area contributed by atoms with Gasteiger partial charge < -0.3 is 14.3 Å². The van der Waals surface area contributed by atoms with E-state index in [-0.39, 0.29) is 0 Å². The first kappa shape index (κ1) is 13.4. The van der Waals surface area contributed by atoms with Gasteiger partial charge in [-0.15, -0.1) is 10.2 Å². The third-order valence-corrected chi connectivity index (χ3v) is 3.44. The van der Waals surface area contributed by atoms with Crippen LogP contribution in [0, 0.1) is 6.92 Å². The van der Waals surface area contributed by atoms with Crippen molar-refractivity contribution in [3.63, 3.8) is 0 Å². The van der Waals surface area contributed by atoms with Gasteiger partial charge >= 0.3 is 0 Å². The van der Waals surface area contributed by atoms with Gasteiger partial charge in [-0.3, -0.25) is 0 Å². The average Bonchev–Trinajstić information content (AvgIpc) is 3.17. The first-order valence-electron chi connectivity index (χ1n) is 6.88. The summed E-state index contributed by atoms with van der Waals surface area (Å²) in [4.78, 5) is 4.18. The van der Waals surface area contributed by atoms with E-state index in [0.717, 1.165) is 30.0 Å². The molecular weight excluding hydrogens is 266 g/mol. The van der Waals surface area contributed by atoms with Crippen LogP contribution in [0.15, 0.2) is 41.5 Å². The van der Waals surface area contributed by atoms with E-state index in [1.54, 1.807) is 0 Å². The van der Waals surface area contributed by atoms with Crippen molar-refractivity contribution in [2.24, 2.45) is 0 Å². The summed E-state index contributed by atoms with van der Waals surface area (Å²) in [5.74, 6) is 0.525. The zero-order chi connectivity index (χ0) is 14.7. The Hall–Kier alpha value is -2.63. The molecule has 0 atom stereocenters. The maximum Gasteiger partial charge on any atom is 0.247 e. The first-order valence-corrected chi connectivity index (χ1v) is 6.88. The topological polar surface area (TPSA) is 68.8 Å². The maximum atomic E-state index is 5.24. The van der Waals surface area contributed by atoms with E-state index < -0.39 is 0 Å². The Morgan fingerprint density at radius 2 is 2.24 bits per heavy atom. The molecule has 0 saturated carbocycles. The molecule has 0 fully saturated rings. The van der Waals surface area contributed by atoms with Crippen LogP contribution in [0.4, 0.5) is 5.69 Å². The average molecular weight is 283 g/mol. The van der Waals surface area contributed by atoms with Crippen LogP contribution in [0.3, 0.4) is 0 Å². The molecule has 0 bridgehead atoms. The van der Waals surface area contributed by atoms with E-state index >= 15 is 0 Å². The molecule has 6 nitrogen and oxygen atoms in total. The van der Waals surface area contributed by atoms with E-state index in [0.29, 0.717) is 5.89 Å². The number of rotatable bonds is 5. The second-order valence-electron chi connectivity index (χ2n) is 4.80. The number of nitrogens with zero attached hydrogens (tertiary/aromatic N) is 4. The molecule has 2 heterocycles. The van der Waals surface area contributed by atoms with E-state index in [2.05, 4.69) is 38.9 Å². The van der Waals surface area contributed by atoms with Crippen LogP contribution < -0.4 is 5.32 Å². The fourth-order valence-corrected chi connectivity index (χ4v) is 2.21. The molecule has 2 aromatic heterocycles. The van der Waals surface area contributed by atoms with Gasteiger partial charge in [0.15, 0.2) is 0 Å². The molecule has 0 aliphatic rings. The quantitative estimate of drug-likeness (QED) is 0.779. The monoisotopic (exact) mass is 283 g/mol. The number of aryl methyl sites for hydroxylation is 2. The number of anilines is 1. The van der Waals surface area contributed by atoms with Crippen LogP contribution in [0.1, 0.15) is 18.2 Å². The standard InChI is InChI=1S/C15H17N5O/c1-3-20-9-16-7-13(20)8-17-14-6-12(5-4-11(14)2)15-19-18-10-21-15/h4-7,9-10,17H,3,8H2,1-2H3. The van der Waals surface area contributed by atoms with Crippen molar-refractivity contribution in [2.45, 2.75) is 26.9 Å². The number of imidazole rings is 1. The lowest BCUT2D eigenvalue weighted by atomic mass is 10.1. The maximum absolute atomic E-state index is 5.24. The highest BCUT2D eigenvalue weighted by Crippen LogP contribution is 2.24. The van der Waals surface area contributed by atoms with Crippen LogP contribution in [0.2, 0.25) is 0 Å². The summed E-state index contributed by atoms with van der Waals surface area (Å²) in [6.07, 6.45) is 5.06. The Kier molecular flexibility index (Phi) is 3.68. The number of hydrogen-bond acceptors (Lipinski definition) is 5. The summed E-state index contributed by atoms with van der Waals surface area (Å²) in [5, 5.41) is 11.1. The van der Waals surface area contributed by atoms with Gasteiger partial charge in [-0.25, -0.2) is 4.98 Å². The molecule has 0 amide bonds. The second-order valence-corrected chi connectivity index (χ2v) is 4.80. The summed E-state index contributed by atoms with van der Waals surface area (Å²) >= 11 is 0. The highest BCUT2D eigenvalue weighted by atomic mass is 16.4. The zero-order valence-corrected chi connectivity index (χ0v) is 12.1. The fourth-order valence-electron chi connectivity index (χ4n) is 2.21. The third-order valence-electron chi connectivity index (χ3n) is 3.44. The first-order chi connectivity index (χ1) is 10.3. The predicted octanol–water partition coefficient (Wildman–Crippen LogP) is 2.87. The van der Waals surface area contributed by atoms with Gasteiger partial charge in [-0.1, -0.05) is 6.07 Å². The predicted molar refractivity (Wildman–Crippen MR) is 79.7 cm³/mol. The normalized spacial score (nSPS) is 10.8. The summed E-state index contributed by atoms with van der Waals surface area (Å²) in [6.45, 7) is 5.81. The minimum Gasteiger partial charge on any atom is -0.423 e. The fraction of sp³-hybridized carbons (Fsp3) is 0.267. The molecule has 0 aliphatic heterocycles. The van der Waals surface area contributed by atoms with Crippen molar-refractivity contribution in [3.8, 4) is 11.5 Å². The van der Waals surface area contributed by atoms with Crippen LogP contribution in [-0.2, 0) is 13.1 Å². The molecule has 0 aliphatic carbocycles. The SMILES string of the molecule is CCn1cncc1CNc1cc(-c2nnco2)ccc1C. The molecule has 3 rings (SSSR count). The van der Waals surface area contributed by atoms with Crippen LogP contribution in [0.5, 0.6) is 0 Å².